The molecule has 0 aliphatic heterocycles. The van der Waals surface area contributed by atoms with Crippen LogP contribution in [-0.2, 0) is 0 Å². The number of nitro benzene ring substituents is 1. The molecule has 0 bridgehead atoms. The van der Waals surface area contributed by atoms with Gasteiger partial charge in [0.2, 0.25) is 11.6 Å². The quantitative estimate of drug-likeness (QED) is 0.224. The van der Waals surface area contributed by atoms with Crippen molar-refractivity contribution in [1.82, 2.24) is 30.7 Å². The number of hydrogen-bond acceptors (Lipinski definition) is 11. The third kappa shape index (κ3) is 4.24. The smallest absolute Gasteiger partial charge is 0.294 e. The van der Waals surface area contributed by atoms with Crippen LogP contribution in [0.4, 0.5) is 11.5 Å². The normalized spacial score (nSPS) is 11.0. The summed E-state index contributed by atoms with van der Waals surface area (Å²) in [5.74, 6) is -0.332. The number of carbonyl (C=O) groups excluding carboxylic acids is 1. The molecule has 2 aromatic heterocycles. The van der Waals surface area contributed by atoms with Crippen LogP contribution in [0, 0.1) is 10.1 Å². The molecule has 1 amide bonds. The van der Waals surface area contributed by atoms with E-state index < -0.39 is 10.8 Å². The van der Waals surface area contributed by atoms with E-state index in [9.17, 15) is 14.9 Å². The van der Waals surface area contributed by atoms with Crippen LogP contribution in [0.3, 0.4) is 0 Å². The summed E-state index contributed by atoms with van der Waals surface area (Å²) in [4.78, 5) is 23.5. The van der Waals surface area contributed by atoms with Crippen LogP contribution < -0.4 is 15.9 Å². The Bertz CT molecular complexity index is 1410. The monoisotopic (exact) mass is 483 g/mol. The number of nitrogens with two attached hydrogens (primary N) is 1. The first-order chi connectivity index (χ1) is 16.4. The number of aromatic nitrogens is 5. The number of amides is 1. The molecule has 15 heteroatoms. The number of nitrogen functional groups attached to an aromatic ring is 1. The average Bonchev–Trinajstić information content (AvgIpc) is 3.45. The molecule has 172 valence electrons. The Labute approximate surface area is 195 Å². The number of nitro groups is 1. The van der Waals surface area contributed by atoms with E-state index in [0.717, 1.165) is 6.21 Å². The van der Waals surface area contributed by atoms with E-state index in [4.69, 9.17) is 22.1 Å². The summed E-state index contributed by atoms with van der Waals surface area (Å²) in [6.07, 6.45) is 1.06. The highest BCUT2D eigenvalue weighted by atomic mass is 35.5. The van der Waals surface area contributed by atoms with Gasteiger partial charge in [0, 0.05) is 11.6 Å². The second kappa shape index (κ2) is 9.33. The Kier molecular flexibility index (Phi) is 6.13. The van der Waals surface area contributed by atoms with Crippen molar-refractivity contribution in [2.45, 2.75) is 0 Å². The van der Waals surface area contributed by atoms with E-state index in [1.165, 1.54) is 30.0 Å². The van der Waals surface area contributed by atoms with E-state index in [1.807, 2.05) is 0 Å². The fourth-order valence-corrected chi connectivity index (χ4v) is 3.19. The zero-order valence-corrected chi connectivity index (χ0v) is 18.0. The van der Waals surface area contributed by atoms with E-state index in [0.29, 0.717) is 11.3 Å². The minimum Gasteiger partial charge on any atom is -0.497 e. The highest BCUT2D eigenvalue weighted by Gasteiger charge is 2.25. The highest BCUT2D eigenvalue weighted by Crippen LogP contribution is 2.29. The van der Waals surface area contributed by atoms with Crippen LogP contribution in [0.5, 0.6) is 5.75 Å². The number of benzene rings is 2. The Balaban J connectivity index is 1.72. The first-order valence-electron chi connectivity index (χ1n) is 9.35. The van der Waals surface area contributed by atoms with Gasteiger partial charge in [0.1, 0.15) is 11.4 Å². The van der Waals surface area contributed by atoms with Crippen molar-refractivity contribution in [3.05, 3.63) is 68.9 Å². The van der Waals surface area contributed by atoms with Crippen LogP contribution in [0.1, 0.15) is 16.1 Å². The van der Waals surface area contributed by atoms with Crippen molar-refractivity contribution in [2.75, 3.05) is 12.8 Å². The molecule has 4 aromatic rings. The number of hydrazone groups is 1. The fourth-order valence-electron chi connectivity index (χ4n) is 2.97. The molecule has 3 N–H and O–H groups in total. The van der Waals surface area contributed by atoms with Gasteiger partial charge in [-0.3, -0.25) is 14.9 Å². The third-order valence-corrected chi connectivity index (χ3v) is 4.84. The van der Waals surface area contributed by atoms with E-state index in [-0.39, 0.29) is 39.3 Å². The lowest BCUT2D eigenvalue weighted by atomic mass is 10.1. The summed E-state index contributed by atoms with van der Waals surface area (Å²) >= 11 is 6.04. The maximum Gasteiger partial charge on any atom is 0.294 e. The molecule has 2 aromatic carbocycles. The third-order valence-electron chi connectivity index (χ3n) is 4.51. The number of ether oxygens (including phenoxy) is 1. The number of anilines is 1. The number of nitrogens with zero attached hydrogens (tertiary/aromatic N) is 7. The standard InChI is InChI=1S/C19H14ClN9O5/c1-33-11-5-2-4-10(8-11)16-15(23-27-28(16)18-17(21)25-34-26-18)19(30)24-22-9-12-13(20)6-3-7-14(12)29(31)32/h2-9H,1H3,(H2,21,25)(H,24,30)/b22-9+. The maximum atomic E-state index is 12.9. The molecule has 2 heterocycles. The van der Waals surface area contributed by atoms with Crippen molar-refractivity contribution in [2.24, 2.45) is 5.10 Å². The summed E-state index contributed by atoms with van der Waals surface area (Å²) in [6.45, 7) is 0. The molecule has 0 saturated carbocycles. The van der Waals surface area contributed by atoms with Crippen molar-refractivity contribution < 1.29 is 19.1 Å². The van der Waals surface area contributed by atoms with E-state index >= 15 is 0 Å². The Morgan fingerprint density at radius 2 is 2.12 bits per heavy atom. The van der Waals surface area contributed by atoms with E-state index in [1.54, 1.807) is 24.3 Å². The van der Waals surface area contributed by atoms with Crippen LogP contribution in [0.2, 0.25) is 5.02 Å². The summed E-state index contributed by atoms with van der Waals surface area (Å²) in [6, 6.07) is 10.9. The highest BCUT2D eigenvalue weighted by molar-refractivity contribution is 6.33. The lowest BCUT2D eigenvalue weighted by Crippen LogP contribution is -2.19. The molecule has 4 rings (SSSR count). The molecule has 0 fully saturated rings. The van der Waals surface area contributed by atoms with Gasteiger partial charge in [-0.2, -0.15) is 9.78 Å². The number of halogens is 1. The first kappa shape index (κ1) is 22.3. The minimum atomic E-state index is -0.773. The van der Waals surface area contributed by atoms with Crippen LogP contribution >= 0.6 is 11.6 Å². The second-order valence-electron chi connectivity index (χ2n) is 6.53. The minimum absolute atomic E-state index is 0.0135. The van der Waals surface area contributed by atoms with Gasteiger partial charge in [0.15, 0.2) is 5.69 Å². The zero-order valence-electron chi connectivity index (χ0n) is 17.2. The Morgan fingerprint density at radius 3 is 2.82 bits per heavy atom. The lowest BCUT2D eigenvalue weighted by Gasteiger charge is -2.07. The Morgan fingerprint density at radius 1 is 1.32 bits per heavy atom. The van der Waals surface area contributed by atoms with Gasteiger partial charge >= 0.3 is 0 Å². The predicted molar refractivity (Wildman–Crippen MR) is 119 cm³/mol. The van der Waals surface area contributed by atoms with Gasteiger partial charge in [-0.05, 0) is 28.5 Å². The summed E-state index contributed by atoms with van der Waals surface area (Å²) in [5, 5.41) is 30.2. The molecule has 0 radical (unpaired) electrons. The van der Waals surface area contributed by atoms with Crippen LogP contribution in [-0.4, -0.2) is 49.5 Å². The summed E-state index contributed by atoms with van der Waals surface area (Å²) in [5.41, 5.74) is 8.33. The fraction of sp³-hybridized carbons (Fsp3) is 0.0526. The van der Waals surface area contributed by atoms with Gasteiger partial charge in [-0.25, -0.2) is 10.1 Å². The molecule has 0 aliphatic rings. The van der Waals surface area contributed by atoms with Crippen molar-refractivity contribution in [3.8, 4) is 22.8 Å². The van der Waals surface area contributed by atoms with Crippen LogP contribution in [0.25, 0.3) is 17.1 Å². The number of methoxy groups -OCH3 is 1. The van der Waals surface area contributed by atoms with Crippen molar-refractivity contribution in [1.29, 1.82) is 0 Å². The maximum absolute atomic E-state index is 12.9. The molecule has 0 atom stereocenters. The van der Waals surface area contributed by atoms with Gasteiger partial charge < -0.3 is 10.5 Å². The molecule has 14 nitrogen and oxygen atoms in total. The average molecular weight is 484 g/mol. The van der Waals surface area contributed by atoms with Gasteiger partial charge in [-0.15, -0.1) is 5.10 Å². The molecule has 0 aliphatic carbocycles. The molecule has 0 saturated heterocycles. The van der Waals surface area contributed by atoms with Gasteiger partial charge in [0.25, 0.3) is 11.6 Å². The van der Waals surface area contributed by atoms with Gasteiger partial charge in [0.05, 0.1) is 28.8 Å². The molecule has 34 heavy (non-hydrogen) atoms. The molecular formula is C19H14ClN9O5. The first-order valence-corrected chi connectivity index (χ1v) is 9.73. The zero-order chi connectivity index (χ0) is 24.2. The molecule has 0 spiro atoms. The van der Waals surface area contributed by atoms with Crippen LogP contribution in [0.15, 0.2) is 52.2 Å². The lowest BCUT2D eigenvalue weighted by molar-refractivity contribution is -0.385. The SMILES string of the molecule is COc1cccc(-c2c(C(=O)N/N=C/c3c(Cl)cccc3[N+](=O)[O-])nnn2-c2nonc2N)c1. The number of carbonyl (C=O) groups is 1. The summed E-state index contributed by atoms with van der Waals surface area (Å²) < 4.78 is 11.1. The largest absolute Gasteiger partial charge is 0.497 e. The summed E-state index contributed by atoms with van der Waals surface area (Å²) in [7, 11) is 1.49. The Hall–Kier alpha value is -4.85. The number of nitrogens with one attached hydrogen (secondary N) is 1. The van der Waals surface area contributed by atoms with Crippen molar-refractivity contribution >= 4 is 35.2 Å². The second-order valence-corrected chi connectivity index (χ2v) is 6.94. The topological polar surface area (TPSA) is 189 Å². The molecular weight excluding hydrogens is 470 g/mol. The van der Waals surface area contributed by atoms with Crippen molar-refractivity contribution in [3.63, 3.8) is 0 Å². The predicted octanol–water partition coefficient (Wildman–Crippen LogP) is 2.23. The number of hydrogen-bond donors (Lipinski definition) is 2. The molecule has 0 unspecified atom stereocenters. The number of rotatable bonds is 7. The van der Waals surface area contributed by atoms with Gasteiger partial charge in [-0.1, -0.05) is 35.0 Å². The van der Waals surface area contributed by atoms with E-state index in [2.05, 4.69) is 35.8 Å².